The summed E-state index contributed by atoms with van der Waals surface area (Å²) in [6, 6.07) is 0.415. The van der Waals surface area contributed by atoms with Crippen molar-refractivity contribution in [1.82, 2.24) is 9.80 Å². The van der Waals surface area contributed by atoms with Crippen LogP contribution in [0.2, 0.25) is 0 Å². The van der Waals surface area contributed by atoms with Gasteiger partial charge in [-0.1, -0.05) is 6.92 Å². The first-order valence-corrected chi connectivity index (χ1v) is 6.71. The molecule has 0 aliphatic carbocycles. The van der Waals surface area contributed by atoms with Crippen molar-refractivity contribution in [2.45, 2.75) is 38.6 Å². The lowest BCUT2D eigenvalue weighted by Crippen LogP contribution is -2.43. The van der Waals surface area contributed by atoms with Crippen LogP contribution in [0.1, 0.15) is 32.6 Å². The van der Waals surface area contributed by atoms with Gasteiger partial charge in [0.2, 0.25) is 5.91 Å². The minimum atomic E-state index is 0.126. The van der Waals surface area contributed by atoms with Crippen molar-refractivity contribution in [3.63, 3.8) is 0 Å². The van der Waals surface area contributed by atoms with Gasteiger partial charge in [0.05, 0.1) is 0 Å². The molecule has 1 aliphatic heterocycles. The smallest absolute Gasteiger partial charge is 0.225 e. The summed E-state index contributed by atoms with van der Waals surface area (Å²) in [4.78, 5) is 16.6. The van der Waals surface area contributed by atoms with Gasteiger partial charge in [0.1, 0.15) is 0 Å². The second kappa shape index (κ2) is 6.97. The molecule has 1 rings (SSSR count). The third-order valence-electron chi connectivity index (χ3n) is 3.50. The number of amides is 1. The number of likely N-dealkylation sites (tertiary alicyclic amines) is 1. The maximum absolute atomic E-state index is 12.3. The average molecular weight is 241 g/mol. The molecule has 0 aromatic rings. The molecule has 0 saturated carbocycles. The van der Waals surface area contributed by atoms with Crippen molar-refractivity contribution in [3.8, 4) is 0 Å². The first-order chi connectivity index (χ1) is 8.06. The molecule has 2 atom stereocenters. The van der Waals surface area contributed by atoms with E-state index in [2.05, 4.69) is 23.9 Å². The number of carbonyl (C=O) groups is 1. The SMILES string of the molecule is CC(CCCN)C(=O)N1CCCC1CN(C)C. The minimum absolute atomic E-state index is 0.126. The van der Waals surface area contributed by atoms with Gasteiger partial charge in [-0.15, -0.1) is 0 Å². The van der Waals surface area contributed by atoms with Gasteiger partial charge in [-0.3, -0.25) is 4.79 Å². The summed E-state index contributed by atoms with van der Waals surface area (Å²) in [5.41, 5.74) is 5.49. The summed E-state index contributed by atoms with van der Waals surface area (Å²) in [6.07, 6.45) is 4.15. The normalized spacial score (nSPS) is 22.2. The Kier molecular flexibility index (Phi) is 5.92. The average Bonchev–Trinajstić information content (AvgIpc) is 2.71. The largest absolute Gasteiger partial charge is 0.338 e. The number of nitrogens with zero attached hydrogens (tertiary/aromatic N) is 2. The van der Waals surface area contributed by atoms with Crippen LogP contribution in [-0.4, -0.2) is 55.5 Å². The molecule has 0 bridgehead atoms. The predicted octanol–water partition coefficient (Wildman–Crippen LogP) is 0.914. The van der Waals surface area contributed by atoms with Gasteiger partial charge in [0, 0.05) is 25.0 Å². The molecule has 0 aromatic carbocycles. The van der Waals surface area contributed by atoms with E-state index < -0.39 is 0 Å². The van der Waals surface area contributed by atoms with Crippen molar-refractivity contribution < 1.29 is 4.79 Å². The van der Waals surface area contributed by atoms with Gasteiger partial charge in [-0.05, 0) is 46.3 Å². The maximum Gasteiger partial charge on any atom is 0.225 e. The molecule has 0 radical (unpaired) electrons. The molecule has 0 spiro atoms. The van der Waals surface area contributed by atoms with E-state index >= 15 is 0 Å². The Morgan fingerprint density at radius 2 is 2.24 bits per heavy atom. The monoisotopic (exact) mass is 241 g/mol. The van der Waals surface area contributed by atoms with E-state index in [1.54, 1.807) is 0 Å². The van der Waals surface area contributed by atoms with E-state index in [1.165, 1.54) is 0 Å². The van der Waals surface area contributed by atoms with Gasteiger partial charge in [0.15, 0.2) is 0 Å². The highest BCUT2D eigenvalue weighted by Crippen LogP contribution is 2.21. The number of hydrogen-bond acceptors (Lipinski definition) is 3. The quantitative estimate of drug-likeness (QED) is 0.752. The lowest BCUT2D eigenvalue weighted by molar-refractivity contribution is -0.136. The Balaban J connectivity index is 2.49. The van der Waals surface area contributed by atoms with Crippen LogP contribution >= 0.6 is 0 Å². The highest BCUT2D eigenvalue weighted by Gasteiger charge is 2.31. The fourth-order valence-electron chi connectivity index (χ4n) is 2.57. The van der Waals surface area contributed by atoms with Crippen LogP contribution < -0.4 is 5.73 Å². The molecule has 4 nitrogen and oxygen atoms in total. The fourth-order valence-corrected chi connectivity index (χ4v) is 2.57. The first-order valence-electron chi connectivity index (χ1n) is 6.71. The summed E-state index contributed by atoms with van der Waals surface area (Å²) in [5, 5.41) is 0. The first kappa shape index (κ1) is 14.5. The third kappa shape index (κ3) is 4.28. The van der Waals surface area contributed by atoms with E-state index in [1.807, 2.05) is 6.92 Å². The van der Waals surface area contributed by atoms with Crippen molar-refractivity contribution in [3.05, 3.63) is 0 Å². The summed E-state index contributed by atoms with van der Waals surface area (Å²) in [6.45, 7) is 4.63. The third-order valence-corrected chi connectivity index (χ3v) is 3.50. The minimum Gasteiger partial charge on any atom is -0.338 e. The number of nitrogens with two attached hydrogens (primary N) is 1. The molecule has 2 unspecified atom stereocenters. The molecule has 100 valence electrons. The van der Waals surface area contributed by atoms with Crippen molar-refractivity contribution in [2.24, 2.45) is 11.7 Å². The maximum atomic E-state index is 12.3. The topological polar surface area (TPSA) is 49.6 Å². The van der Waals surface area contributed by atoms with Crippen LogP contribution in [0, 0.1) is 5.92 Å². The Morgan fingerprint density at radius 1 is 1.53 bits per heavy atom. The van der Waals surface area contributed by atoms with E-state index in [4.69, 9.17) is 5.73 Å². The molecule has 1 fully saturated rings. The van der Waals surface area contributed by atoms with Crippen molar-refractivity contribution in [2.75, 3.05) is 33.7 Å². The predicted molar refractivity (Wildman–Crippen MR) is 70.7 cm³/mol. The van der Waals surface area contributed by atoms with E-state index in [0.717, 1.165) is 38.8 Å². The summed E-state index contributed by atoms with van der Waals surface area (Å²) < 4.78 is 0. The van der Waals surface area contributed by atoms with Gasteiger partial charge in [-0.25, -0.2) is 0 Å². The van der Waals surface area contributed by atoms with Crippen LogP contribution in [0.5, 0.6) is 0 Å². The Bertz CT molecular complexity index is 243. The molecule has 1 amide bonds. The van der Waals surface area contributed by atoms with Crippen LogP contribution in [0.25, 0.3) is 0 Å². The fraction of sp³-hybridized carbons (Fsp3) is 0.923. The molecule has 2 N–H and O–H groups in total. The zero-order valence-electron chi connectivity index (χ0n) is 11.5. The van der Waals surface area contributed by atoms with Crippen molar-refractivity contribution in [1.29, 1.82) is 0 Å². The van der Waals surface area contributed by atoms with E-state index in [0.29, 0.717) is 18.5 Å². The van der Waals surface area contributed by atoms with Crippen LogP contribution in [0.15, 0.2) is 0 Å². The van der Waals surface area contributed by atoms with Gasteiger partial charge in [0.25, 0.3) is 0 Å². The highest BCUT2D eigenvalue weighted by atomic mass is 16.2. The highest BCUT2D eigenvalue weighted by molar-refractivity contribution is 5.79. The second-order valence-electron chi connectivity index (χ2n) is 5.42. The van der Waals surface area contributed by atoms with Gasteiger partial charge >= 0.3 is 0 Å². The summed E-state index contributed by atoms with van der Waals surface area (Å²) in [5.74, 6) is 0.448. The Labute approximate surface area is 105 Å². The molecular formula is C13H27N3O. The van der Waals surface area contributed by atoms with E-state index in [9.17, 15) is 4.79 Å². The Hall–Kier alpha value is -0.610. The number of rotatable bonds is 6. The molecular weight excluding hydrogens is 214 g/mol. The molecule has 1 saturated heterocycles. The van der Waals surface area contributed by atoms with Crippen LogP contribution in [-0.2, 0) is 4.79 Å². The van der Waals surface area contributed by atoms with Gasteiger partial charge in [-0.2, -0.15) is 0 Å². The molecule has 17 heavy (non-hydrogen) atoms. The molecule has 0 aromatic heterocycles. The Morgan fingerprint density at radius 3 is 2.82 bits per heavy atom. The molecule has 1 aliphatic rings. The lowest BCUT2D eigenvalue weighted by atomic mass is 10.0. The van der Waals surface area contributed by atoms with Crippen LogP contribution in [0.4, 0.5) is 0 Å². The van der Waals surface area contributed by atoms with E-state index in [-0.39, 0.29) is 5.92 Å². The lowest BCUT2D eigenvalue weighted by Gasteiger charge is -2.29. The zero-order valence-corrected chi connectivity index (χ0v) is 11.5. The number of hydrogen-bond donors (Lipinski definition) is 1. The van der Waals surface area contributed by atoms with Crippen molar-refractivity contribution >= 4 is 5.91 Å². The van der Waals surface area contributed by atoms with Gasteiger partial charge < -0.3 is 15.5 Å². The second-order valence-corrected chi connectivity index (χ2v) is 5.42. The standard InChI is InChI=1S/C13H27N3O/c1-11(6-4-8-14)13(17)16-9-5-7-12(16)10-15(2)3/h11-12H,4-10,14H2,1-3H3. The summed E-state index contributed by atoms with van der Waals surface area (Å²) in [7, 11) is 4.14. The molecule has 1 heterocycles. The zero-order chi connectivity index (χ0) is 12.8. The van der Waals surface area contributed by atoms with Crippen LogP contribution in [0.3, 0.4) is 0 Å². The molecule has 4 heteroatoms. The number of carbonyl (C=O) groups excluding carboxylic acids is 1. The summed E-state index contributed by atoms with van der Waals surface area (Å²) >= 11 is 0. The number of likely N-dealkylation sites (N-methyl/N-ethyl adjacent to an activating group) is 1.